The topological polar surface area (TPSA) is 50.4 Å². The van der Waals surface area contributed by atoms with Crippen molar-refractivity contribution >= 4 is 34.7 Å². The molecule has 0 aliphatic carbocycles. The van der Waals surface area contributed by atoms with Crippen LogP contribution in [0, 0.1) is 6.92 Å². The van der Waals surface area contributed by atoms with E-state index in [1.807, 2.05) is 6.07 Å². The van der Waals surface area contributed by atoms with E-state index < -0.39 is 0 Å². The van der Waals surface area contributed by atoms with Gasteiger partial charge in [-0.1, -0.05) is 25.1 Å². The van der Waals surface area contributed by atoms with Gasteiger partial charge in [0.15, 0.2) is 5.11 Å². The predicted octanol–water partition coefficient (Wildman–Crippen LogP) is 4.54. The van der Waals surface area contributed by atoms with Gasteiger partial charge in [0.25, 0.3) is 0 Å². The molecule has 0 fully saturated rings. The van der Waals surface area contributed by atoms with Crippen molar-refractivity contribution in [3.8, 4) is 0 Å². The molecule has 0 unspecified atom stereocenters. The van der Waals surface area contributed by atoms with E-state index in [1.165, 1.54) is 5.56 Å². The highest BCUT2D eigenvalue weighted by Crippen LogP contribution is 2.21. The van der Waals surface area contributed by atoms with Gasteiger partial charge >= 0.3 is 5.97 Å². The summed E-state index contributed by atoms with van der Waals surface area (Å²) in [4.78, 5) is 11.6. The molecule has 2 rings (SSSR count). The first kappa shape index (κ1) is 17.9. The van der Waals surface area contributed by atoms with Crippen LogP contribution < -0.4 is 10.6 Å². The molecule has 0 bridgehead atoms. The van der Waals surface area contributed by atoms with Gasteiger partial charge in [-0.3, -0.25) is 0 Å². The lowest BCUT2D eigenvalue weighted by atomic mass is 10.1. The number of carbonyl (C=O) groups excluding carboxylic acids is 1. The van der Waals surface area contributed by atoms with Gasteiger partial charge in [-0.2, -0.15) is 0 Å². The summed E-state index contributed by atoms with van der Waals surface area (Å²) in [6, 6.07) is 13.2. The average Bonchev–Trinajstić information content (AvgIpc) is 2.57. The minimum absolute atomic E-state index is 0.322. The molecule has 2 aromatic carbocycles. The molecule has 0 saturated carbocycles. The van der Waals surface area contributed by atoms with E-state index in [4.69, 9.17) is 17.0 Å². The summed E-state index contributed by atoms with van der Waals surface area (Å²) < 4.78 is 4.97. The smallest absolute Gasteiger partial charge is 0.338 e. The van der Waals surface area contributed by atoms with E-state index in [2.05, 4.69) is 36.6 Å². The maximum Gasteiger partial charge on any atom is 0.338 e. The molecule has 4 nitrogen and oxygen atoms in total. The lowest BCUT2D eigenvalue weighted by Gasteiger charge is -2.16. The zero-order valence-electron chi connectivity index (χ0n) is 14.2. The highest BCUT2D eigenvalue weighted by atomic mass is 32.1. The van der Waals surface area contributed by atoms with Crippen LogP contribution in [0.1, 0.15) is 35.3 Å². The largest absolute Gasteiger partial charge is 0.462 e. The van der Waals surface area contributed by atoms with Crippen LogP contribution in [-0.2, 0) is 11.2 Å². The summed E-state index contributed by atoms with van der Waals surface area (Å²) in [5, 5.41) is 6.92. The van der Waals surface area contributed by atoms with E-state index in [1.54, 1.807) is 31.2 Å². The molecular weight excluding hydrogens is 320 g/mol. The fourth-order valence-corrected chi connectivity index (χ4v) is 2.60. The second-order valence-electron chi connectivity index (χ2n) is 5.34. The van der Waals surface area contributed by atoms with E-state index in [0.29, 0.717) is 17.3 Å². The Balaban J connectivity index is 2.04. The first-order valence-corrected chi connectivity index (χ1v) is 8.39. The summed E-state index contributed by atoms with van der Waals surface area (Å²) >= 11 is 5.40. The normalized spacial score (nSPS) is 10.1. The lowest BCUT2D eigenvalue weighted by molar-refractivity contribution is 0.0526. The van der Waals surface area contributed by atoms with Crippen molar-refractivity contribution in [1.82, 2.24) is 0 Å². The van der Waals surface area contributed by atoms with Gasteiger partial charge in [-0.15, -0.1) is 0 Å². The van der Waals surface area contributed by atoms with Crippen molar-refractivity contribution in [2.45, 2.75) is 27.2 Å². The summed E-state index contributed by atoms with van der Waals surface area (Å²) in [5.41, 5.74) is 4.74. The second kappa shape index (κ2) is 8.45. The Morgan fingerprint density at radius 2 is 1.79 bits per heavy atom. The maximum absolute atomic E-state index is 11.6. The fourth-order valence-electron chi connectivity index (χ4n) is 2.38. The number of nitrogens with one attached hydrogen (secondary N) is 2. The molecule has 2 N–H and O–H groups in total. The molecule has 0 aliphatic rings. The van der Waals surface area contributed by atoms with E-state index in [0.717, 1.165) is 23.4 Å². The van der Waals surface area contributed by atoms with Gasteiger partial charge in [0.05, 0.1) is 12.2 Å². The molecular formula is C19H22N2O2S. The number of hydrogen-bond donors (Lipinski definition) is 2. The molecule has 0 amide bonds. The Kier molecular flexibility index (Phi) is 6.32. The van der Waals surface area contributed by atoms with Crippen LogP contribution in [0.15, 0.2) is 42.5 Å². The van der Waals surface area contributed by atoms with E-state index in [9.17, 15) is 4.79 Å². The third-order valence-corrected chi connectivity index (χ3v) is 3.84. The van der Waals surface area contributed by atoms with Crippen LogP contribution in [0.25, 0.3) is 0 Å². The Morgan fingerprint density at radius 3 is 2.42 bits per heavy atom. The van der Waals surface area contributed by atoms with Gasteiger partial charge in [0, 0.05) is 11.4 Å². The zero-order valence-corrected chi connectivity index (χ0v) is 15.0. The fraction of sp³-hybridized carbons (Fsp3) is 0.263. The molecule has 24 heavy (non-hydrogen) atoms. The number of rotatable bonds is 5. The van der Waals surface area contributed by atoms with Gasteiger partial charge in [0.2, 0.25) is 0 Å². The zero-order chi connectivity index (χ0) is 17.5. The molecule has 5 heteroatoms. The Morgan fingerprint density at radius 1 is 1.08 bits per heavy atom. The molecule has 0 spiro atoms. The number of thiocarbonyl (C=S) groups is 1. The van der Waals surface area contributed by atoms with Crippen LogP contribution >= 0.6 is 12.2 Å². The van der Waals surface area contributed by atoms with Crippen LogP contribution in [-0.4, -0.2) is 17.7 Å². The maximum atomic E-state index is 11.6. The molecule has 0 radical (unpaired) electrons. The van der Waals surface area contributed by atoms with E-state index >= 15 is 0 Å². The third-order valence-electron chi connectivity index (χ3n) is 3.63. The Bertz CT molecular complexity index is 727. The van der Waals surface area contributed by atoms with Crippen molar-refractivity contribution in [3.63, 3.8) is 0 Å². The molecule has 126 valence electrons. The van der Waals surface area contributed by atoms with E-state index in [-0.39, 0.29) is 5.97 Å². The molecule has 0 saturated heterocycles. The first-order valence-electron chi connectivity index (χ1n) is 7.98. The summed E-state index contributed by atoms with van der Waals surface area (Å²) in [6.45, 7) is 6.32. The third kappa shape index (κ3) is 4.55. The average molecular weight is 342 g/mol. The molecule has 0 atom stereocenters. The Labute approximate surface area is 148 Å². The number of para-hydroxylation sites is 1. The van der Waals surface area contributed by atoms with Gasteiger partial charge in [0.1, 0.15) is 0 Å². The van der Waals surface area contributed by atoms with Crippen molar-refractivity contribution in [1.29, 1.82) is 0 Å². The SMILES string of the molecule is CCOC(=O)c1ccc(NC(=S)Nc2c(C)cccc2CC)cc1. The highest BCUT2D eigenvalue weighted by molar-refractivity contribution is 7.80. The predicted molar refractivity (Wildman–Crippen MR) is 103 cm³/mol. The van der Waals surface area contributed by atoms with Crippen molar-refractivity contribution in [3.05, 3.63) is 59.2 Å². The van der Waals surface area contributed by atoms with Crippen molar-refractivity contribution in [2.24, 2.45) is 0 Å². The van der Waals surface area contributed by atoms with Crippen LogP contribution in [0.5, 0.6) is 0 Å². The minimum Gasteiger partial charge on any atom is -0.462 e. The van der Waals surface area contributed by atoms with Gasteiger partial charge in [-0.25, -0.2) is 4.79 Å². The second-order valence-corrected chi connectivity index (χ2v) is 5.75. The standard InChI is InChI=1S/C19H22N2O2S/c1-4-14-8-6-7-13(3)17(14)21-19(24)20-16-11-9-15(10-12-16)18(22)23-5-2/h6-12H,4-5H2,1-3H3,(H2,20,21,24). The van der Waals surface area contributed by atoms with Crippen molar-refractivity contribution < 1.29 is 9.53 Å². The number of aryl methyl sites for hydroxylation is 2. The molecule has 0 heterocycles. The lowest BCUT2D eigenvalue weighted by Crippen LogP contribution is -2.20. The number of esters is 1. The quantitative estimate of drug-likeness (QED) is 0.617. The molecule has 2 aromatic rings. The van der Waals surface area contributed by atoms with Crippen molar-refractivity contribution in [2.75, 3.05) is 17.2 Å². The highest BCUT2D eigenvalue weighted by Gasteiger charge is 2.08. The number of hydrogen-bond acceptors (Lipinski definition) is 3. The molecule has 0 aromatic heterocycles. The van der Waals surface area contributed by atoms with Crippen LogP contribution in [0.2, 0.25) is 0 Å². The molecule has 0 aliphatic heterocycles. The summed E-state index contributed by atoms with van der Waals surface area (Å²) in [7, 11) is 0. The van der Waals surface area contributed by atoms with Gasteiger partial charge < -0.3 is 15.4 Å². The summed E-state index contributed by atoms with van der Waals surface area (Å²) in [5.74, 6) is -0.322. The Hall–Kier alpha value is -2.40. The summed E-state index contributed by atoms with van der Waals surface area (Å²) in [6.07, 6.45) is 0.931. The minimum atomic E-state index is -0.322. The first-order chi connectivity index (χ1) is 11.5. The monoisotopic (exact) mass is 342 g/mol. The van der Waals surface area contributed by atoms with Gasteiger partial charge in [-0.05, 0) is 67.9 Å². The number of benzene rings is 2. The number of ether oxygens (including phenoxy) is 1. The number of anilines is 2. The van der Waals surface area contributed by atoms with Crippen LogP contribution in [0.4, 0.5) is 11.4 Å². The number of carbonyl (C=O) groups is 1. The van der Waals surface area contributed by atoms with Crippen LogP contribution in [0.3, 0.4) is 0 Å².